The Morgan fingerprint density at radius 2 is 1.88 bits per heavy atom. The quantitative estimate of drug-likeness (QED) is 0.712. The summed E-state index contributed by atoms with van der Waals surface area (Å²) in [6, 6.07) is 6.91. The van der Waals surface area contributed by atoms with Gasteiger partial charge in [0.25, 0.3) is 0 Å². The lowest BCUT2D eigenvalue weighted by Gasteiger charge is -2.36. The summed E-state index contributed by atoms with van der Waals surface area (Å²) in [6.07, 6.45) is 3.63. The highest BCUT2D eigenvalue weighted by molar-refractivity contribution is 14.1. The normalized spacial score (nSPS) is 27.6. The minimum atomic E-state index is 0.374. The lowest BCUT2D eigenvalue weighted by Crippen LogP contribution is -2.43. The van der Waals surface area contributed by atoms with Gasteiger partial charge in [0.1, 0.15) is 5.78 Å². The highest BCUT2D eigenvalue weighted by Gasteiger charge is 2.40. The van der Waals surface area contributed by atoms with E-state index in [9.17, 15) is 4.79 Å². The third-order valence-corrected chi connectivity index (χ3v) is 4.71. The van der Waals surface area contributed by atoms with E-state index < -0.39 is 0 Å². The number of nitrogens with zero attached hydrogens (tertiary/aromatic N) is 1. The lowest BCUT2D eigenvalue weighted by molar-refractivity contribution is -0.120. The Labute approximate surface area is 119 Å². The second-order valence-corrected chi connectivity index (χ2v) is 6.49. The van der Waals surface area contributed by atoms with E-state index in [2.05, 4.69) is 39.6 Å². The Morgan fingerprint density at radius 3 is 2.47 bits per heavy atom. The third-order valence-electron chi connectivity index (χ3n) is 3.73. The molecular formula is C13H13ClINO. The van der Waals surface area contributed by atoms with E-state index in [0.717, 1.165) is 27.1 Å². The molecule has 90 valence electrons. The average Bonchev–Trinajstić information content (AvgIpc) is 2.53. The van der Waals surface area contributed by atoms with Crippen molar-refractivity contribution in [2.45, 2.75) is 37.8 Å². The van der Waals surface area contributed by atoms with Crippen molar-refractivity contribution in [3.63, 3.8) is 0 Å². The Hall–Kier alpha value is -0.290. The van der Waals surface area contributed by atoms with Gasteiger partial charge in [-0.1, -0.05) is 11.6 Å². The molecule has 2 saturated heterocycles. The van der Waals surface area contributed by atoms with E-state index >= 15 is 0 Å². The van der Waals surface area contributed by atoms with Crippen LogP contribution in [0.2, 0.25) is 5.02 Å². The fourth-order valence-corrected chi connectivity index (χ4v) is 4.01. The molecule has 0 aliphatic carbocycles. The van der Waals surface area contributed by atoms with E-state index in [0.29, 0.717) is 30.7 Å². The Kier molecular flexibility index (Phi) is 3.07. The van der Waals surface area contributed by atoms with Crippen LogP contribution in [-0.2, 0) is 4.79 Å². The van der Waals surface area contributed by atoms with Crippen molar-refractivity contribution in [3.8, 4) is 0 Å². The zero-order chi connectivity index (χ0) is 12.0. The highest BCUT2D eigenvalue weighted by Crippen LogP contribution is 2.41. The predicted octanol–water partition coefficient (Wildman–Crippen LogP) is 3.64. The first kappa shape index (κ1) is 11.8. The molecule has 0 spiro atoms. The second-order valence-electron chi connectivity index (χ2n) is 4.83. The van der Waals surface area contributed by atoms with Gasteiger partial charge < -0.3 is 4.90 Å². The van der Waals surface area contributed by atoms with Crippen molar-refractivity contribution in [2.75, 3.05) is 4.90 Å². The molecular weight excluding hydrogens is 349 g/mol. The van der Waals surface area contributed by atoms with Gasteiger partial charge in [-0.05, 0) is 53.6 Å². The van der Waals surface area contributed by atoms with Gasteiger partial charge in [0.05, 0.1) is 10.7 Å². The molecule has 0 amide bonds. The summed E-state index contributed by atoms with van der Waals surface area (Å²) < 4.78 is 1.15. The molecule has 17 heavy (non-hydrogen) atoms. The standard InChI is InChI=1S/C13H13ClINO/c14-12-5-8(15)1-4-13(12)16-9-2-3-10(16)7-11(17)6-9/h1,4-5,9-10H,2-3,6-7H2. The fraction of sp³-hybridized carbons (Fsp3) is 0.462. The molecule has 0 saturated carbocycles. The molecule has 2 aliphatic rings. The number of Topliss-reactive ketones (excluding diaryl/α,β-unsaturated/α-hetero) is 1. The molecule has 2 bridgehead atoms. The van der Waals surface area contributed by atoms with E-state index in [1.165, 1.54) is 0 Å². The number of ketones is 1. The summed E-state index contributed by atoms with van der Waals surface area (Å²) >= 11 is 8.59. The van der Waals surface area contributed by atoms with Crippen molar-refractivity contribution < 1.29 is 4.79 Å². The van der Waals surface area contributed by atoms with Crippen molar-refractivity contribution in [2.24, 2.45) is 0 Å². The number of halogens is 2. The first-order valence-electron chi connectivity index (χ1n) is 5.90. The monoisotopic (exact) mass is 361 g/mol. The molecule has 2 fully saturated rings. The minimum Gasteiger partial charge on any atom is -0.363 e. The van der Waals surface area contributed by atoms with E-state index in [1.54, 1.807) is 0 Å². The van der Waals surface area contributed by atoms with Crippen molar-refractivity contribution in [1.82, 2.24) is 0 Å². The fourth-order valence-electron chi connectivity index (χ4n) is 3.05. The zero-order valence-electron chi connectivity index (χ0n) is 9.33. The van der Waals surface area contributed by atoms with E-state index in [4.69, 9.17) is 11.6 Å². The zero-order valence-corrected chi connectivity index (χ0v) is 12.2. The maximum absolute atomic E-state index is 11.6. The molecule has 1 aromatic carbocycles. The number of carbonyl (C=O) groups is 1. The van der Waals surface area contributed by atoms with Gasteiger partial charge >= 0.3 is 0 Å². The van der Waals surface area contributed by atoms with Gasteiger partial charge in [0, 0.05) is 28.5 Å². The molecule has 2 nitrogen and oxygen atoms in total. The Bertz CT molecular complexity index is 460. The molecule has 2 aliphatic heterocycles. The van der Waals surface area contributed by atoms with Gasteiger partial charge in [-0.25, -0.2) is 0 Å². The molecule has 1 aromatic rings. The molecule has 2 heterocycles. The lowest BCUT2D eigenvalue weighted by atomic mass is 10.0. The van der Waals surface area contributed by atoms with E-state index in [-0.39, 0.29) is 0 Å². The summed E-state index contributed by atoms with van der Waals surface area (Å²) in [5, 5.41) is 0.808. The van der Waals surface area contributed by atoms with Crippen LogP contribution >= 0.6 is 34.2 Å². The van der Waals surface area contributed by atoms with Gasteiger partial charge in [0.15, 0.2) is 0 Å². The van der Waals surface area contributed by atoms with Crippen LogP contribution in [-0.4, -0.2) is 17.9 Å². The topological polar surface area (TPSA) is 20.3 Å². The first-order valence-corrected chi connectivity index (χ1v) is 7.36. The molecule has 0 radical (unpaired) electrons. The van der Waals surface area contributed by atoms with Gasteiger partial charge in [-0.15, -0.1) is 0 Å². The van der Waals surface area contributed by atoms with Crippen LogP contribution in [0.25, 0.3) is 0 Å². The second kappa shape index (κ2) is 4.43. The van der Waals surface area contributed by atoms with E-state index in [1.807, 2.05) is 6.07 Å². The predicted molar refractivity (Wildman–Crippen MR) is 77.7 cm³/mol. The molecule has 2 unspecified atom stereocenters. The molecule has 0 N–H and O–H groups in total. The summed E-state index contributed by atoms with van der Waals surface area (Å²) in [5.41, 5.74) is 1.10. The molecule has 4 heteroatoms. The molecule has 0 aromatic heterocycles. The van der Waals surface area contributed by atoms with Crippen LogP contribution < -0.4 is 4.90 Å². The van der Waals surface area contributed by atoms with Crippen LogP contribution in [0.5, 0.6) is 0 Å². The first-order chi connectivity index (χ1) is 8.15. The number of fused-ring (bicyclic) bond motifs is 2. The summed E-state index contributed by atoms with van der Waals surface area (Å²) in [5.74, 6) is 0.412. The van der Waals surface area contributed by atoms with Crippen LogP contribution in [0.3, 0.4) is 0 Å². The maximum Gasteiger partial charge on any atom is 0.137 e. The number of carbonyl (C=O) groups excluding carboxylic acids is 1. The van der Waals surface area contributed by atoms with Crippen LogP contribution in [0.15, 0.2) is 18.2 Å². The van der Waals surface area contributed by atoms with Gasteiger partial charge in [-0.2, -0.15) is 0 Å². The van der Waals surface area contributed by atoms with Crippen molar-refractivity contribution in [3.05, 3.63) is 26.8 Å². The van der Waals surface area contributed by atoms with Crippen molar-refractivity contribution in [1.29, 1.82) is 0 Å². The average molecular weight is 362 g/mol. The minimum absolute atomic E-state index is 0.374. The number of hydrogen-bond acceptors (Lipinski definition) is 2. The smallest absolute Gasteiger partial charge is 0.137 e. The van der Waals surface area contributed by atoms with Crippen molar-refractivity contribution >= 4 is 45.7 Å². The maximum atomic E-state index is 11.6. The number of hydrogen-bond donors (Lipinski definition) is 0. The molecule has 2 atom stereocenters. The van der Waals surface area contributed by atoms with Gasteiger partial charge in [-0.3, -0.25) is 4.79 Å². The SMILES string of the molecule is O=C1CC2CCC(C1)N2c1ccc(I)cc1Cl. The number of anilines is 1. The Morgan fingerprint density at radius 1 is 1.24 bits per heavy atom. The largest absolute Gasteiger partial charge is 0.363 e. The Balaban J connectivity index is 1.97. The number of rotatable bonds is 1. The van der Waals surface area contributed by atoms with Crippen LogP contribution in [0.4, 0.5) is 5.69 Å². The molecule has 3 rings (SSSR count). The highest BCUT2D eigenvalue weighted by atomic mass is 127. The number of piperidine rings is 1. The summed E-state index contributed by atoms with van der Waals surface area (Å²) in [4.78, 5) is 14.0. The summed E-state index contributed by atoms with van der Waals surface area (Å²) in [6.45, 7) is 0. The third kappa shape index (κ3) is 2.08. The van der Waals surface area contributed by atoms with Crippen LogP contribution in [0.1, 0.15) is 25.7 Å². The van der Waals surface area contributed by atoms with Gasteiger partial charge in [0.2, 0.25) is 0 Å². The summed E-state index contributed by atoms with van der Waals surface area (Å²) in [7, 11) is 0. The number of benzene rings is 1. The van der Waals surface area contributed by atoms with Crippen LogP contribution in [0, 0.1) is 3.57 Å².